The highest BCUT2D eigenvalue weighted by atomic mass is 19.2. The van der Waals surface area contributed by atoms with Crippen molar-refractivity contribution in [3.63, 3.8) is 0 Å². The second-order valence-corrected chi connectivity index (χ2v) is 7.25. The monoisotopic (exact) mass is 398 g/mol. The minimum atomic E-state index is -1.25. The third kappa shape index (κ3) is 4.56. The summed E-state index contributed by atoms with van der Waals surface area (Å²) in [6, 6.07) is 9.77. The highest BCUT2D eigenvalue weighted by Gasteiger charge is 2.21. The van der Waals surface area contributed by atoms with Crippen LogP contribution in [-0.4, -0.2) is 16.2 Å². The summed E-state index contributed by atoms with van der Waals surface area (Å²) in [5.74, 6) is -3.96. The summed E-state index contributed by atoms with van der Waals surface area (Å²) in [6.45, 7) is 1.78. The van der Waals surface area contributed by atoms with E-state index >= 15 is 0 Å². The summed E-state index contributed by atoms with van der Waals surface area (Å²) in [4.78, 5) is 11.2. The molecule has 1 aliphatic rings. The number of aliphatic carboxylic acids is 1. The van der Waals surface area contributed by atoms with Crippen LogP contribution in [0.5, 0.6) is 5.75 Å². The van der Waals surface area contributed by atoms with Gasteiger partial charge in [0, 0.05) is 11.1 Å². The van der Waals surface area contributed by atoms with Crippen molar-refractivity contribution in [3.05, 3.63) is 75.9 Å². The van der Waals surface area contributed by atoms with Crippen LogP contribution in [0.25, 0.3) is 11.6 Å². The molecule has 0 aromatic heterocycles. The Balaban J connectivity index is 2.09. The van der Waals surface area contributed by atoms with E-state index in [-0.39, 0.29) is 5.56 Å². The molecule has 3 nitrogen and oxygen atoms in total. The van der Waals surface area contributed by atoms with Crippen molar-refractivity contribution in [3.8, 4) is 5.75 Å². The third-order valence-corrected chi connectivity index (χ3v) is 5.34. The average molecular weight is 398 g/mol. The second kappa shape index (κ2) is 9.03. The summed E-state index contributed by atoms with van der Waals surface area (Å²) in [5.41, 5.74) is 3.65. The Kier molecular flexibility index (Phi) is 6.47. The van der Waals surface area contributed by atoms with E-state index < -0.39 is 23.4 Å². The Morgan fingerprint density at radius 2 is 1.66 bits per heavy atom. The molecule has 2 N–H and O–H groups in total. The van der Waals surface area contributed by atoms with Crippen molar-refractivity contribution >= 4 is 17.6 Å². The van der Waals surface area contributed by atoms with E-state index in [4.69, 9.17) is 0 Å². The molecule has 0 radical (unpaired) electrons. The van der Waals surface area contributed by atoms with Gasteiger partial charge in [0.1, 0.15) is 0 Å². The molecule has 0 spiro atoms. The molecule has 29 heavy (non-hydrogen) atoms. The molecule has 0 aliphatic heterocycles. The lowest BCUT2D eigenvalue weighted by Gasteiger charge is -2.21. The van der Waals surface area contributed by atoms with Crippen molar-refractivity contribution in [2.24, 2.45) is 0 Å². The van der Waals surface area contributed by atoms with E-state index in [2.05, 4.69) is 0 Å². The van der Waals surface area contributed by atoms with Crippen LogP contribution in [-0.2, 0) is 4.79 Å². The Hall–Kier alpha value is -2.95. The standard InChI is InChI=1S/C24H24F2O3/c1-2-16(24(28)29)14-15-8-10-18(11-9-15)21(17-6-4-3-5-7-17)19-12-13-20(27)23(26)22(19)25/h8-14,27H,2-7H2,1H3,(H,28,29). The van der Waals surface area contributed by atoms with Gasteiger partial charge >= 0.3 is 5.97 Å². The number of halogens is 2. The number of carboxylic acid groups (broad SMARTS) is 1. The van der Waals surface area contributed by atoms with Gasteiger partial charge < -0.3 is 10.2 Å². The minimum Gasteiger partial charge on any atom is -0.505 e. The topological polar surface area (TPSA) is 57.5 Å². The maximum absolute atomic E-state index is 14.7. The summed E-state index contributed by atoms with van der Waals surface area (Å²) in [6.07, 6.45) is 6.77. The number of phenolic OH excluding ortho intramolecular Hbond substituents is 1. The Morgan fingerprint density at radius 3 is 2.24 bits per heavy atom. The van der Waals surface area contributed by atoms with Crippen LogP contribution in [0.1, 0.15) is 62.1 Å². The number of phenols is 1. The molecule has 2 aromatic rings. The van der Waals surface area contributed by atoms with E-state index in [0.29, 0.717) is 17.6 Å². The van der Waals surface area contributed by atoms with Crippen LogP contribution in [0.3, 0.4) is 0 Å². The number of hydrogen-bond acceptors (Lipinski definition) is 2. The summed E-state index contributed by atoms with van der Waals surface area (Å²) >= 11 is 0. The maximum Gasteiger partial charge on any atom is 0.331 e. The van der Waals surface area contributed by atoms with Crippen molar-refractivity contribution < 1.29 is 23.8 Å². The van der Waals surface area contributed by atoms with Gasteiger partial charge in [0.25, 0.3) is 0 Å². The average Bonchev–Trinajstić information content (AvgIpc) is 2.73. The molecule has 152 valence electrons. The van der Waals surface area contributed by atoms with Crippen LogP contribution in [0.4, 0.5) is 8.78 Å². The molecule has 0 unspecified atom stereocenters. The van der Waals surface area contributed by atoms with E-state index in [1.807, 2.05) is 12.1 Å². The van der Waals surface area contributed by atoms with Crippen molar-refractivity contribution in [2.45, 2.75) is 45.4 Å². The van der Waals surface area contributed by atoms with Crippen LogP contribution in [0, 0.1) is 11.6 Å². The SMILES string of the molecule is CCC(=Cc1ccc(C(=C2CCCCC2)c2ccc(O)c(F)c2F)cc1)C(=O)O. The summed E-state index contributed by atoms with van der Waals surface area (Å²) < 4.78 is 28.7. The first-order chi connectivity index (χ1) is 13.9. The predicted octanol–water partition coefficient (Wildman–Crippen LogP) is 6.31. The van der Waals surface area contributed by atoms with Crippen molar-refractivity contribution in [1.82, 2.24) is 0 Å². The fourth-order valence-corrected chi connectivity index (χ4v) is 3.77. The molecule has 1 saturated carbocycles. The Bertz CT molecular complexity index is 964. The first kappa shape index (κ1) is 20.8. The van der Waals surface area contributed by atoms with E-state index in [1.54, 1.807) is 25.1 Å². The van der Waals surface area contributed by atoms with Gasteiger partial charge in [0.2, 0.25) is 5.82 Å². The normalized spacial score (nSPS) is 14.7. The molecule has 0 atom stereocenters. The van der Waals surface area contributed by atoms with Crippen LogP contribution >= 0.6 is 0 Å². The van der Waals surface area contributed by atoms with Gasteiger partial charge in [0.15, 0.2) is 11.6 Å². The van der Waals surface area contributed by atoms with Crippen molar-refractivity contribution in [2.75, 3.05) is 0 Å². The number of allylic oxidation sites excluding steroid dienone is 1. The first-order valence-corrected chi connectivity index (χ1v) is 9.86. The number of rotatable bonds is 5. The highest BCUT2D eigenvalue weighted by Crippen LogP contribution is 2.37. The lowest BCUT2D eigenvalue weighted by Crippen LogP contribution is -2.03. The summed E-state index contributed by atoms with van der Waals surface area (Å²) in [5, 5.41) is 18.7. The fourth-order valence-electron chi connectivity index (χ4n) is 3.77. The molecule has 0 amide bonds. The van der Waals surface area contributed by atoms with Gasteiger partial charge in [-0.3, -0.25) is 0 Å². The number of carboxylic acids is 1. The molecule has 1 aliphatic carbocycles. The van der Waals surface area contributed by atoms with Crippen molar-refractivity contribution in [1.29, 1.82) is 0 Å². The smallest absolute Gasteiger partial charge is 0.331 e. The van der Waals surface area contributed by atoms with Crippen LogP contribution in [0.15, 0.2) is 47.5 Å². The molecule has 2 aromatic carbocycles. The van der Waals surface area contributed by atoms with E-state index in [1.165, 1.54) is 12.1 Å². The zero-order chi connectivity index (χ0) is 21.0. The molecular formula is C24H24F2O3. The molecular weight excluding hydrogens is 374 g/mol. The van der Waals surface area contributed by atoms with Gasteiger partial charge in [-0.1, -0.05) is 43.2 Å². The fraction of sp³-hybridized carbons (Fsp3) is 0.292. The first-order valence-electron chi connectivity index (χ1n) is 9.86. The largest absolute Gasteiger partial charge is 0.505 e. The summed E-state index contributed by atoms with van der Waals surface area (Å²) in [7, 11) is 0. The Labute approximate surface area is 169 Å². The highest BCUT2D eigenvalue weighted by molar-refractivity contribution is 5.92. The van der Waals surface area contributed by atoms with Gasteiger partial charge in [-0.05, 0) is 67.0 Å². The minimum absolute atomic E-state index is 0.139. The molecule has 1 fully saturated rings. The lowest BCUT2D eigenvalue weighted by atomic mass is 9.84. The van der Waals surface area contributed by atoms with Gasteiger partial charge in [-0.2, -0.15) is 4.39 Å². The maximum atomic E-state index is 14.7. The molecule has 0 bridgehead atoms. The number of benzene rings is 2. The van der Waals surface area contributed by atoms with E-state index in [0.717, 1.165) is 48.8 Å². The van der Waals surface area contributed by atoms with Crippen LogP contribution in [0.2, 0.25) is 0 Å². The quantitative estimate of drug-likeness (QED) is 0.580. The Morgan fingerprint density at radius 1 is 1.00 bits per heavy atom. The number of aromatic hydroxyl groups is 1. The zero-order valence-electron chi connectivity index (χ0n) is 16.3. The van der Waals surface area contributed by atoms with Crippen LogP contribution < -0.4 is 0 Å². The predicted molar refractivity (Wildman–Crippen MR) is 109 cm³/mol. The molecule has 5 heteroatoms. The van der Waals surface area contributed by atoms with Gasteiger partial charge in [-0.15, -0.1) is 0 Å². The zero-order valence-corrected chi connectivity index (χ0v) is 16.3. The molecule has 3 rings (SSSR count). The number of carbonyl (C=O) groups is 1. The molecule has 0 heterocycles. The molecule has 0 saturated heterocycles. The van der Waals surface area contributed by atoms with E-state index in [9.17, 15) is 23.8 Å². The third-order valence-electron chi connectivity index (χ3n) is 5.34. The van der Waals surface area contributed by atoms with Gasteiger partial charge in [0.05, 0.1) is 0 Å². The second-order valence-electron chi connectivity index (χ2n) is 7.25. The lowest BCUT2D eigenvalue weighted by molar-refractivity contribution is -0.132. The number of hydrogen-bond donors (Lipinski definition) is 2. The van der Waals surface area contributed by atoms with Gasteiger partial charge in [-0.25, -0.2) is 9.18 Å².